The van der Waals surface area contributed by atoms with Crippen LogP contribution < -0.4 is 9.47 Å². The summed E-state index contributed by atoms with van der Waals surface area (Å²) in [4.78, 5) is 0. The highest BCUT2D eigenvalue weighted by atomic mass is 16.7. The molecule has 35 heavy (non-hydrogen) atoms. The second-order valence-corrected chi connectivity index (χ2v) is 8.07. The summed E-state index contributed by atoms with van der Waals surface area (Å²) in [5, 5.41) is 70.7. The van der Waals surface area contributed by atoms with Gasteiger partial charge in [-0.1, -0.05) is 0 Å². The number of aliphatic hydroxyl groups is 5. The lowest BCUT2D eigenvalue weighted by Gasteiger charge is -2.40. The van der Waals surface area contributed by atoms with Crippen molar-refractivity contribution < 1.29 is 59.4 Å². The summed E-state index contributed by atoms with van der Waals surface area (Å²) in [5.74, 6) is -0.352. The number of phenolic OH excluding ortho intramolecular Hbond substituents is 3. The first-order valence-electron chi connectivity index (χ1n) is 10.6. The van der Waals surface area contributed by atoms with E-state index in [1.165, 1.54) is 38.5 Å². The largest absolute Gasteiger partial charge is 0.571 e. The third-order valence-electron chi connectivity index (χ3n) is 5.86. The minimum Gasteiger partial charge on any atom is -0.571 e. The lowest BCUT2D eigenvalue weighted by molar-refractivity contribution is -0.295. The molecule has 2 aromatic rings. The first-order chi connectivity index (χ1) is 16.7. The van der Waals surface area contributed by atoms with Crippen molar-refractivity contribution in [2.24, 2.45) is 0 Å². The van der Waals surface area contributed by atoms with Gasteiger partial charge in [0.15, 0.2) is 17.3 Å². The second kappa shape index (κ2) is 9.68. The van der Waals surface area contributed by atoms with Gasteiger partial charge in [0.2, 0.25) is 12.0 Å². The zero-order chi connectivity index (χ0) is 25.4. The molecule has 12 heteroatoms. The number of ether oxygens (including phenoxy) is 5. The molecule has 0 aromatic heterocycles. The molecule has 2 heterocycles. The van der Waals surface area contributed by atoms with Crippen molar-refractivity contribution in [3.63, 3.8) is 0 Å². The summed E-state index contributed by atoms with van der Waals surface area (Å²) in [6.07, 6.45) is -7.21. The van der Waals surface area contributed by atoms with Gasteiger partial charge in [0.25, 0.3) is 11.9 Å². The van der Waals surface area contributed by atoms with E-state index in [4.69, 9.17) is 18.9 Å². The Morgan fingerprint density at radius 2 is 1.57 bits per heavy atom. The number of benzene rings is 2. The molecule has 6 unspecified atom stereocenters. The Balaban J connectivity index is 1.79. The number of rotatable bonds is 6. The predicted molar refractivity (Wildman–Crippen MR) is 118 cm³/mol. The van der Waals surface area contributed by atoms with Crippen LogP contribution in [0.25, 0.3) is 6.08 Å². The van der Waals surface area contributed by atoms with Gasteiger partial charge >= 0.3 is 0 Å². The summed E-state index contributed by atoms with van der Waals surface area (Å²) in [6, 6.07) is 5.40. The number of phenols is 3. The summed E-state index contributed by atoms with van der Waals surface area (Å²) in [7, 11) is 2.70. The van der Waals surface area contributed by atoms with Crippen molar-refractivity contribution in [1.29, 1.82) is 0 Å². The molecule has 12 nitrogen and oxygen atoms in total. The van der Waals surface area contributed by atoms with Gasteiger partial charge in [-0.05, 0) is 12.1 Å². The van der Waals surface area contributed by atoms with Crippen LogP contribution in [0.5, 0.6) is 34.5 Å². The predicted octanol–water partition coefficient (Wildman–Crippen LogP) is -0.0258. The maximum Gasteiger partial charge on any atom is 0.270 e. The van der Waals surface area contributed by atoms with Crippen LogP contribution in [0.4, 0.5) is 0 Å². The van der Waals surface area contributed by atoms with Crippen molar-refractivity contribution in [2.75, 3.05) is 20.8 Å². The molecule has 0 amide bonds. The molecule has 2 aliphatic rings. The minimum atomic E-state index is -1.69. The third kappa shape index (κ3) is 4.49. The molecule has 190 valence electrons. The maximum atomic E-state index is 10.4. The lowest BCUT2D eigenvalue weighted by Crippen LogP contribution is -2.59. The summed E-state index contributed by atoms with van der Waals surface area (Å²) in [6.45, 7) is -0.646. The zero-order valence-electron chi connectivity index (χ0n) is 18.8. The Morgan fingerprint density at radius 1 is 0.914 bits per heavy atom. The molecule has 2 aliphatic heterocycles. The number of methoxy groups -OCH3 is 2. The van der Waals surface area contributed by atoms with E-state index in [0.717, 1.165) is 6.07 Å². The Hall–Kier alpha value is -3.42. The molecule has 8 N–H and O–H groups in total. The Bertz CT molecular complexity index is 1090. The number of hydrogen-bond donors (Lipinski definition) is 7. The van der Waals surface area contributed by atoms with Crippen LogP contribution in [-0.2, 0) is 9.47 Å². The normalized spacial score (nSPS) is 27.9. The standard InChI is InChI=1S/C23H26O12/c1-31-14-3-9(4-15(32-2)18(14)27)22-16(7-11-12(26)5-10(25)6-13(11)33-22)34-23-21(30)20(29)19(28)17(8-24)35-23/h3-7,17,19-30H,8H2,1-2H3/p+1. The van der Waals surface area contributed by atoms with Crippen LogP contribution >= 0.6 is 0 Å². The Kier molecular flexibility index (Phi) is 6.83. The summed E-state index contributed by atoms with van der Waals surface area (Å²) in [5.41, 5.74) is 0.608. The van der Waals surface area contributed by atoms with Gasteiger partial charge < -0.3 is 59.4 Å². The smallest absolute Gasteiger partial charge is 0.270 e. The molecule has 0 bridgehead atoms. The van der Waals surface area contributed by atoms with Crippen molar-refractivity contribution in [3.05, 3.63) is 41.2 Å². The number of fused-ring (bicyclic) bond motifs is 1. The monoisotopic (exact) mass is 495 g/mol. The van der Waals surface area contributed by atoms with Crippen LogP contribution in [0.2, 0.25) is 0 Å². The minimum absolute atomic E-state index is 0.0395. The Morgan fingerprint density at radius 3 is 2.17 bits per heavy atom. The third-order valence-corrected chi connectivity index (χ3v) is 5.86. The first-order valence-corrected chi connectivity index (χ1v) is 10.6. The SMILES string of the molecule is COc1cc(C2[OH+]c3cc(O)cc(O)c3C=C2OC2OC(CO)C(O)C(O)C2O)cc(OC)c1O. The topological polar surface area (TPSA) is 191 Å². The molecule has 4 rings (SSSR count). The molecular formula is C23H27O12+. The molecule has 0 aliphatic carbocycles. The highest BCUT2D eigenvalue weighted by molar-refractivity contribution is 5.69. The van der Waals surface area contributed by atoms with Crippen LogP contribution in [0.3, 0.4) is 0 Å². The van der Waals surface area contributed by atoms with Gasteiger partial charge in [-0.3, -0.25) is 0 Å². The van der Waals surface area contributed by atoms with E-state index < -0.39 is 43.4 Å². The average Bonchev–Trinajstić information content (AvgIpc) is 2.84. The van der Waals surface area contributed by atoms with Crippen LogP contribution in [0.1, 0.15) is 17.2 Å². The highest BCUT2D eigenvalue weighted by Crippen LogP contribution is 2.48. The van der Waals surface area contributed by atoms with Gasteiger partial charge in [0.1, 0.15) is 41.5 Å². The molecule has 0 radical (unpaired) electrons. The molecule has 2 aromatic carbocycles. The van der Waals surface area contributed by atoms with E-state index >= 15 is 0 Å². The molecule has 1 fully saturated rings. The molecule has 6 atom stereocenters. The van der Waals surface area contributed by atoms with E-state index in [2.05, 4.69) is 4.74 Å². The van der Waals surface area contributed by atoms with Crippen LogP contribution in [0.15, 0.2) is 30.0 Å². The lowest BCUT2D eigenvalue weighted by atomic mass is 9.98. The van der Waals surface area contributed by atoms with Crippen molar-refractivity contribution in [1.82, 2.24) is 0 Å². The molecule has 1 saturated heterocycles. The molecule has 0 saturated carbocycles. The van der Waals surface area contributed by atoms with Crippen molar-refractivity contribution in [3.8, 4) is 34.5 Å². The second-order valence-electron chi connectivity index (χ2n) is 8.07. The number of aromatic hydroxyl groups is 4. The van der Waals surface area contributed by atoms with Crippen molar-refractivity contribution >= 4 is 6.08 Å². The zero-order valence-corrected chi connectivity index (χ0v) is 18.8. The molecular weight excluding hydrogens is 468 g/mol. The van der Waals surface area contributed by atoms with Gasteiger partial charge in [-0.15, -0.1) is 0 Å². The fraction of sp³-hybridized carbons (Fsp3) is 0.391. The highest BCUT2D eigenvalue weighted by Gasteiger charge is 2.46. The van der Waals surface area contributed by atoms with Gasteiger partial charge in [-0.2, -0.15) is 0 Å². The maximum absolute atomic E-state index is 10.4. The van der Waals surface area contributed by atoms with Crippen LogP contribution in [0, 0.1) is 0 Å². The first kappa shape index (κ1) is 24.7. The van der Waals surface area contributed by atoms with E-state index in [1.54, 1.807) is 0 Å². The summed E-state index contributed by atoms with van der Waals surface area (Å²) < 4.78 is 26.3. The van der Waals surface area contributed by atoms with Crippen molar-refractivity contribution in [2.45, 2.75) is 36.8 Å². The summed E-state index contributed by atoms with van der Waals surface area (Å²) >= 11 is 0. The van der Waals surface area contributed by atoms with Gasteiger partial charge in [-0.25, -0.2) is 0 Å². The fourth-order valence-corrected chi connectivity index (χ4v) is 3.99. The average molecular weight is 495 g/mol. The number of hydrogen-bond acceptors (Lipinski definition) is 11. The van der Waals surface area contributed by atoms with Crippen LogP contribution in [-0.4, -0.2) is 92.0 Å². The van der Waals surface area contributed by atoms with E-state index in [1.807, 2.05) is 0 Å². The quantitative estimate of drug-likeness (QED) is 0.266. The number of aliphatic hydroxyl groups excluding tert-OH is 4. The fourth-order valence-electron chi connectivity index (χ4n) is 3.99. The molecule has 0 spiro atoms. The van der Waals surface area contributed by atoms with Gasteiger partial charge in [0, 0.05) is 12.1 Å². The van der Waals surface area contributed by atoms with E-state index in [-0.39, 0.29) is 45.8 Å². The van der Waals surface area contributed by atoms with Gasteiger partial charge in [0.05, 0.1) is 32.5 Å². The van der Waals surface area contributed by atoms with E-state index in [9.17, 15) is 35.7 Å². The van der Waals surface area contributed by atoms with E-state index in [0.29, 0.717) is 5.56 Å². The Labute approximate surface area is 199 Å².